The first-order valence-electron chi connectivity index (χ1n) is 9.10. The lowest BCUT2D eigenvalue weighted by atomic mass is 9.84. The van der Waals surface area contributed by atoms with E-state index >= 15 is 0 Å². The Hall–Kier alpha value is -1.88. The first kappa shape index (κ1) is 15.6. The van der Waals surface area contributed by atoms with E-state index in [1.807, 2.05) is 29.2 Å². The fourth-order valence-electron chi connectivity index (χ4n) is 4.78. The Morgan fingerprint density at radius 3 is 2.79 bits per heavy atom. The molecule has 3 N–H and O–H groups in total. The Kier molecular flexibility index (Phi) is 4.04. The molecule has 4 atom stereocenters. The summed E-state index contributed by atoms with van der Waals surface area (Å²) in [4.78, 5) is 26.6. The van der Waals surface area contributed by atoms with E-state index < -0.39 is 0 Å². The number of nitrogens with one attached hydrogen (secondary N) is 1. The number of benzene rings is 1. The molecule has 3 fully saturated rings. The minimum atomic E-state index is -0.0657. The number of carbonyl (C=O) groups is 2. The molecular weight excluding hydrogens is 302 g/mol. The Balaban J connectivity index is 1.48. The molecule has 1 saturated heterocycles. The van der Waals surface area contributed by atoms with Gasteiger partial charge in [0, 0.05) is 30.4 Å². The Morgan fingerprint density at radius 1 is 1.21 bits per heavy atom. The van der Waals surface area contributed by atoms with Crippen LogP contribution in [0.1, 0.15) is 38.5 Å². The number of hydrogen-bond acceptors (Lipinski definition) is 3. The Morgan fingerprint density at radius 2 is 2.04 bits per heavy atom. The van der Waals surface area contributed by atoms with Crippen LogP contribution in [-0.2, 0) is 9.59 Å². The van der Waals surface area contributed by atoms with Crippen molar-refractivity contribution in [3.05, 3.63) is 24.3 Å². The molecule has 5 heteroatoms. The van der Waals surface area contributed by atoms with Gasteiger partial charge in [0.25, 0.3) is 0 Å². The average Bonchev–Trinajstić information content (AvgIpc) is 3.16. The third-order valence-electron chi connectivity index (χ3n) is 6.03. The predicted molar refractivity (Wildman–Crippen MR) is 93.6 cm³/mol. The van der Waals surface area contributed by atoms with Crippen LogP contribution in [-0.4, -0.2) is 24.4 Å². The van der Waals surface area contributed by atoms with E-state index in [9.17, 15) is 9.59 Å². The second-order valence-corrected chi connectivity index (χ2v) is 7.48. The standard InChI is InChI=1S/C19H25N3O2/c20-18-13-8-7-12(10-13)17(18)19(24)21-14-4-3-5-15(11-14)22-9-2-1-6-16(22)23/h3-5,11-13,17-18H,1-2,6-10,20H2,(H,21,24). The largest absolute Gasteiger partial charge is 0.327 e. The third-order valence-corrected chi connectivity index (χ3v) is 6.03. The maximum Gasteiger partial charge on any atom is 0.229 e. The third kappa shape index (κ3) is 2.71. The lowest BCUT2D eigenvalue weighted by Crippen LogP contribution is -2.42. The number of fused-ring (bicyclic) bond motifs is 2. The highest BCUT2D eigenvalue weighted by Crippen LogP contribution is 2.47. The van der Waals surface area contributed by atoms with Crippen LogP contribution < -0.4 is 16.0 Å². The molecule has 1 aromatic rings. The van der Waals surface area contributed by atoms with Crippen LogP contribution >= 0.6 is 0 Å². The summed E-state index contributed by atoms with van der Waals surface area (Å²) in [6.45, 7) is 0.757. The van der Waals surface area contributed by atoms with Gasteiger partial charge in [-0.3, -0.25) is 9.59 Å². The highest BCUT2D eigenvalue weighted by atomic mass is 16.2. The highest BCUT2D eigenvalue weighted by molar-refractivity contribution is 5.97. The Labute approximate surface area is 142 Å². The lowest BCUT2D eigenvalue weighted by molar-refractivity contribution is -0.122. The molecule has 24 heavy (non-hydrogen) atoms. The molecule has 2 aliphatic carbocycles. The van der Waals surface area contributed by atoms with Crippen molar-refractivity contribution >= 4 is 23.2 Å². The summed E-state index contributed by atoms with van der Waals surface area (Å²) in [6.07, 6.45) is 6.00. The van der Waals surface area contributed by atoms with E-state index in [2.05, 4.69) is 5.32 Å². The summed E-state index contributed by atoms with van der Waals surface area (Å²) in [5.74, 6) is 1.10. The zero-order chi connectivity index (χ0) is 16.7. The molecule has 2 amide bonds. The average molecular weight is 327 g/mol. The monoisotopic (exact) mass is 327 g/mol. The van der Waals surface area contributed by atoms with Gasteiger partial charge in [-0.25, -0.2) is 0 Å². The quantitative estimate of drug-likeness (QED) is 0.896. The van der Waals surface area contributed by atoms with Gasteiger partial charge < -0.3 is 16.0 Å². The van der Waals surface area contributed by atoms with E-state index in [0.717, 1.165) is 43.6 Å². The molecule has 2 saturated carbocycles. The molecule has 128 valence electrons. The van der Waals surface area contributed by atoms with Gasteiger partial charge in [-0.1, -0.05) is 6.07 Å². The summed E-state index contributed by atoms with van der Waals surface area (Å²) in [5.41, 5.74) is 7.90. The minimum absolute atomic E-state index is 0.00407. The van der Waals surface area contributed by atoms with Gasteiger partial charge >= 0.3 is 0 Å². The summed E-state index contributed by atoms with van der Waals surface area (Å²) >= 11 is 0. The van der Waals surface area contributed by atoms with E-state index in [4.69, 9.17) is 5.73 Å². The molecule has 1 heterocycles. The van der Waals surface area contributed by atoms with E-state index in [1.165, 1.54) is 6.42 Å². The van der Waals surface area contributed by atoms with Crippen molar-refractivity contribution in [2.24, 2.45) is 23.5 Å². The van der Waals surface area contributed by atoms with Crippen LogP contribution in [0.2, 0.25) is 0 Å². The smallest absolute Gasteiger partial charge is 0.229 e. The first-order valence-corrected chi connectivity index (χ1v) is 9.10. The van der Waals surface area contributed by atoms with Crippen LogP contribution in [0.15, 0.2) is 24.3 Å². The highest BCUT2D eigenvalue weighted by Gasteiger charge is 2.49. The molecule has 1 aromatic carbocycles. The van der Waals surface area contributed by atoms with Gasteiger partial charge in [-0.2, -0.15) is 0 Å². The molecule has 4 unspecified atom stereocenters. The minimum Gasteiger partial charge on any atom is -0.327 e. The van der Waals surface area contributed by atoms with Crippen molar-refractivity contribution in [1.29, 1.82) is 0 Å². The molecule has 5 nitrogen and oxygen atoms in total. The summed E-state index contributed by atoms with van der Waals surface area (Å²) < 4.78 is 0. The molecule has 0 spiro atoms. The van der Waals surface area contributed by atoms with Crippen molar-refractivity contribution in [3.63, 3.8) is 0 Å². The molecule has 4 rings (SSSR count). The van der Waals surface area contributed by atoms with Crippen LogP contribution in [0.25, 0.3) is 0 Å². The number of piperidine rings is 1. The van der Waals surface area contributed by atoms with Crippen molar-refractivity contribution < 1.29 is 9.59 Å². The zero-order valence-electron chi connectivity index (χ0n) is 13.9. The number of amides is 2. The molecule has 1 aliphatic heterocycles. The molecule has 0 aromatic heterocycles. The van der Waals surface area contributed by atoms with Crippen LogP contribution in [0.3, 0.4) is 0 Å². The molecule has 3 aliphatic rings. The first-order chi connectivity index (χ1) is 11.6. The van der Waals surface area contributed by atoms with Gasteiger partial charge in [0.1, 0.15) is 0 Å². The van der Waals surface area contributed by atoms with Gasteiger partial charge in [-0.15, -0.1) is 0 Å². The molecule has 2 bridgehead atoms. The maximum atomic E-state index is 12.7. The summed E-state index contributed by atoms with van der Waals surface area (Å²) in [5, 5.41) is 3.04. The summed E-state index contributed by atoms with van der Waals surface area (Å²) in [7, 11) is 0. The van der Waals surface area contributed by atoms with Crippen molar-refractivity contribution in [2.75, 3.05) is 16.8 Å². The molecular formula is C19H25N3O2. The van der Waals surface area contributed by atoms with E-state index in [1.54, 1.807) is 0 Å². The normalized spacial score (nSPS) is 32.2. The van der Waals surface area contributed by atoms with Gasteiger partial charge in [0.05, 0.1) is 5.92 Å². The van der Waals surface area contributed by atoms with E-state index in [-0.39, 0.29) is 23.8 Å². The number of rotatable bonds is 3. The lowest BCUT2D eigenvalue weighted by Gasteiger charge is -2.28. The fourth-order valence-corrected chi connectivity index (χ4v) is 4.78. The second kappa shape index (κ2) is 6.20. The zero-order valence-corrected chi connectivity index (χ0v) is 13.9. The summed E-state index contributed by atoms with van der Waals surface area (Å²) in [6, 6.07) is 7.61. The van der Waals surface area contributed by atoms with E-state index in [0.29, 0.717) is 18.3 Å². The predicted octanol–water partition coefficient (Wildman–Crippen LogP) is 2.52. The number of nitrogens with two attached hydrogens (primary N) is 1. The van der Waals surface area contributed by atoms with Crippen LogP contribution in [0.5, 0.6) is 0 Å². The SMILES string of the molecule is NC1C2CCC(C2)C1C(=O)Nc1cccc(N2CCCCC2=O)c1. The number of anilines is 2. The number of nitrogens with zero attached hydrogens (tertiary/aromatic N) is 1. The van der Waals surface area contributed by atoms with Crippen molar-refractivity contribution in [2.45, 2.75) is 44.6 Å². The maximum absolute atomic E-state index is 12.7. The van der Waals surface area contributed by atoms with Crippen molar-refractivity contribution in [3.8, 4) is 0 Å². The van der Waals surface area contributed by atoms with Gasteiger partial charge in [0.2, 0.25) is 11.8 Å². The molecule has 0 radical (unpaired) electrons. The topological polar surface area (TPSA) is 75.4 Å². The fraction of sp³-hybridized carbons (Fsp3) is 0.579. The van der Waals surface area contributed by atoms with Gasteiger partial charge in [0.15, 0.2) is 0 Å². The van der Waals surface area contributed by atoms with Crippen LogP contribution in [0.4, 0.5) is 11.4 Å². The number of carbonyl (C=O) groups excluding carboxylic acids is 2. The van der Waals surface area contributed by atoms with Crippen LogP contribution in [0, 0.1) is 17.8 Å². The second-order valence-electron chi connectivity index (χ2n) is 7.48. The number of hydrogen-bond donors (Lipinski definition) is 2. The Bertz CT molecular complexity index is 658. The van der Waals surface area contributed by atoms with Gasteiger partial charge in [-0.05, 0) is 62.1 Å². The van der Waals surface area contributed by atoms with Crippen molar-refractivity contribution in [1.82, 2.24) is 0 Å².